The lowest BCUT2D eigenvalue weighted by atomic mass is 10.0. The van der Waals surface area contributed by atoms with Gasteiger partial charge in [0, 0.05) is 6.54 Å². The Kier molecular flexibility index (Phi) is 8.44. The first-order chi connectivity index (χ1) is 13.4. The highest BCUT2D eigenvalue weighted by Gasteiger charge is 2.52. The van der Waals surface area contributed by atoms with Gasteiger partial charge in [0.2, 0.25) is 5.91 Å². The molecule has 1 aromatic carbocycles. The Hall–Kier alpha value is -2.41. The number of ether oxygens (including phenoxy) is 2. The zero-order valence-electron chi connectivity index (χ0n) is 16.8. The minimum atomic E-state index is -0.887. The van der Waals surface area contributed by atoms with E-state index in [1.165, 1.54) is 0 Å². The average Bonchev–Trinajstić information content (AvgIpc) is 3.46. The van der Waals surface area contributed by atoms with Crippen molar-refractivity contribution in [1.29, 1.82) is 0 Å². The molecule has 154 valence electrons. The van der Waals surface area contributed by atoms with Gasteiger partial charge in [-0.2, -0.15) is 0 Å². The first-order valence-electron chi connectivity index (χ1n) is 9.86. The molecule has 0 spiro atoms. The highest BCUT2D eigenvalue weighted by Crippen LogP contribution is 2.24. The van der Waals surface area contributed by atoms with E-state index >= 15 is 0 Å². The fourth-order valence-electron chi connectivity index (χ4n) is 2.80. The SMILES string of the molecule is CCOC(=O)[C@@H]1O[C@H]1C(=O)N[C@H](CCc1ccccc1)C(=O)NCCC(C)C. The predicted octanol–water partition coefficient (Wildman–Crippen LogP) is 1.60. The van der Waals surface area contributed by atoms with Crippen LogP contribution in [0, 0.1) is 5.92 Å². The number of carbonyl (C=O) groups excluding carboxylic acids is 3. The quantitative estimate of drug-likeness (QED) is 0.442. The maximum absolute atomic E-state index is 12.6. The van der Waals surface area contributed by atoms with Crippen molar-refractivity contribution in [3.8, 4) is 0 Å². The van der Waals surface area contributed by atoms with Crippen molar-refractivity contribution in [2.24, 2.45) is 5.92 Å². The molecule has 7 heteroatoms. The van der Waals surface area contributed by atoms with Crippen LogP contribution in [0.1, 0.15) is 39.2 Å². The average molecular weight is 390 g/mol. The second kappa shape index (κ2) is 10.8. The summed E-state index contributed by atoms with van der Waals surface area (Å²) in [5, 5.41) is 5.61. The third-order valence-electron chi connectivity index (χ3n) is 4.49. The van der Waals surface area contributed by atoms with E-state index in [1.54, 1.807) is 6.92 Å². The van der Waals surface area contributed by atoms with Crippen molar-refractivity contribution in [2.75, 3.05) is 13.2 Å². The molecule has 2 rings (SSSR count). The van der Waals surface area contributed by atoms with Gasteiger partial charge in [0.25, 0.3) is 5.91 Å². The number of hydrogen-bond donors (Lipinski definition) is 2. The van der Waals surface area contributed by atoms with Gasteiger partial charge in [-0.15, -0.1) is 0 Å². The van der Waals surface area contributed by atoms with Crippen LogP contribution in [0.25, 0.3) is 0 Å². The molecule has 7 nitrogen and oxygen atoms in total. The lowest BCUT2D eigenvalue weighted by Gasteiger charge is -2.18. The number of epoxide rings is 1. The van der Waals surface area contributed by atoms with Gasteiger partial charge in [0.05, 0.1) is 6.61 Å². The van der Waals surface area contributed by atoms with Crippen LogP contribution in [0.2, 0.25) is 0 Å². The standard InChI is InChI=1S/C21H30N2O5/c1-4-27-21(26)18-17(28-18)20(25)23-16(19(24)22-13-12-14(2)3)11-10-15-8-6-5-7-9-15/h5-9,14,16-18H,4,10-13H2,1-3H3,(H,22,24)(H,23,25)/t16-,17-,18-/m1/s1. The van der Waals surface area contributed by atoms with Gasteiger partial charge in [-0.25, -0.2) is 4.79 Å². The second-order valence-electron chi connectivity index (χ2n) is 7.29. The molecule has 1 heterocycles. The summed E-state index contributed by atoms with van der Waals surface area (Å²) < 4.78 is 9.99. The summed E-state index contributed by atoms with van der Waals surface area (Å²) in [5.41, 5.74) is 1.09. The van der Waals surface area contributed by atoms with Crippen molar-refractivity contribution in [3.05, 3.63) is 35.9 Å². The first kappa shape index (κ1) is 21.9. The second-order valence-corrected chi connectivity index (χ2v) is 7.29. The van der Waals surface area contributed by atoms with Crippen molar-refractivity contribution in [3.63, 3.8) is 0 Å². The molecule has 1 aromatic rings. The van der Waals surface area contributed by atoms with E-state index < -0.39 is 30.1 Å². The molecule has 2 N–H and O–H groups in total. The number of hydrogen-bond acceptors (Lipinski definition) is 5. The van der Waals surface area contributed by atoms with Gasteiger partial charge in [0.1, 0.15) is 6.04 Å². The zero-order chi connectivity index (χ0) is 20.5. The highest BCUT2D eigenvalue weighted by molar-refractivity contribution is 5.95. The molecule has 0 saturated carbocycles. The summed E-state index contributed by atoms with van der Waals surface area (Å²) in [7, 11) is 0. The van der Waals surface area contributed by atoms with Gasteiger partial charge >= 0.3 is 5.97 Å². The summed E-state index contributed by atoms with van der Waals surface area (Å²) in [6.45, 7) is 6.64. The van der Waals surface area contributed by atoms with Crippen molar-refractivity contribution in [2.45, 2.75) is 58.3 Å². The minimum absolute atomic E-state index is 0.224. The van der Waals surface area contributed by atoms with E-state index in [9.17, 15) is 14.4 Å². The molecule has 1 fully saturated rings. The van der Waals surface area contributed by atoms with Gasteiger partial charge in [-0.3, -0.25) is 9.59 Å². The Bertz CT molecular complexity index is 662. The Labute approximate surface area is 166 Å². The molecule has 1 saturated heterocycles. The van der Waals surface area contributed by atoms with Gasteiger partial charge in [-0.1, -0.05) is 44.2 Å². The van der Waals surface area contributed by atoms with Gasteiger partial charge < -0.3 is 20.1 Å². The number of aryl methyl sites for hydroxylation is 1. The van der Waals surface area contributed by atoms with Crippen LogP contribution in [0.3, 0.4) is 0 Å². The van der Waals surface area contributed by atoms with E-state index in [0.29, 0.717) is 25.3 Å². The first-order valence-corrected chi connectivity index (χ1v) is 9.86. The molecule has 0 radical (unpaired) electrons. The molecule has 28 heavy (non-hydrogen) atoms. The number of amides is 2. The lowest BCUT2D eigenvalue weighted by molar-refractivity contribution is -0.144. The van der Waals surface area contributed by atoms with Crippen LogP contribution in [-0.2, 0) is 30.3 Å². The van der Waals surface area contributed by atoms with Crippen LogP contribution < -0.4 is 10.6 Å². The summed E-state index contributed by atoms with van der Waals surface area (Å²) >= 11 is 0. The number of rotatable bonds is 11. The van der Waals surface area contributed by atoms with Crippen LogP contribution in [0.4, 0.5) is 0 Å². The molecule has 2 amide bonds. The van der Waals surface area contributed by atoms with E-state index in [-0.39, 0.29) is 12.5 Å². The van der Waals surface area contributed by atoms with Crippen LogP contribution >= 0.6 is 0 Å². The molecule has 3 atom stereocenters. The molecule has 1 aliphatic rings. The fraction of sp³-hybridized carbons (Fsp3) is 0.571. The molecular formula is C21H30N2O5. The van der Waals surface area contributed by atoms with Crippen LogP contribution in [0.15, 0.2) is 30.3 Å². The third-order valence-corrected chi connectivity index (χ3v) is 4.49. The van der Waals surface area contributed by atoms with E-state index in [4.69, 9.17) is 9.47 Å². The molecule has 0 unspecified atom stereocenters. The molecular weight excluding hydrogens is 360 g/mol. The molecule has 1 aliphatic heterocycles. The summed E-state index contributed by atoms with van der Waals surface area (Å²) in [5.74, 6) is -0.763. The number of carbonyl (C=O) groups is 3. The Morgan fingerprint density at radius 3 is 2.46 bits per heavy atom. The van der Waals surface area contributed by atoms with Crippen molar-refractivity contribution < 1.29 is 23.9 Å². The van der Waals surface area contributed by atoms with E-state index in [1.807, 2.05) is 30.3 Å². The van der Waals surface area contributed by atoms with Crippen LogP contribution in [0.5, 0.6) is 0 Å². The summed E-state index contributed by atoms with van der Waals surface area (Å²) in [6, 6.07) is 9.08. The topological polar surface area (TPSA) is 97.0 Å². The van der Waals surface area contributed by atoms with E-state index in [0.717, 1.165) is 12.0 Å². The summed E-state index contributed by atoms with van der Waals surface area (Å²) in [4.78, 5) is 36.6. The third kappa shape index (κ3) is 6.96. The van der Waals surface area contributed by atoms with Gasteiger partial charge in [0.15, 0.2) is 12.2 Å². The van der Waals surface area contributed by atoms with Gasteiger partial charge in [-0.05, 0) is 37.7 Å². The van der Waals surface area contributed by atoms with E-state index in [2.05, 4.69) is 24.5 Å². The Balaban J connectivity index is 1.92. The molecule has 0 aromatic heterocycles. The highest BCUT2D eigenvalue weighted by atomic mass is 16.6. The van der Waals surface area contributed by atoms with Crippen molar-refractivity contribution >= 4 is 17.8 Å². The Morgan fingerprint density at radius 2 is 1.82 bits per heavy atom. The number of benzene rings is 1. The maximum Gasteiger partial charge on any atom is 0.338 e. The smallest absolute Gasteiger partial charge is 0.338 e. The monoisotopic (exact) mass is 390 g/mol. The lowest BCUT2D eigenvalue weighted by Crippen LogP contribution is -2.49. The normalized spacial score (nSPS) is 19.0. The minimum Gasteiger partial charge on any atom is -0.464 e. The molecule has 0 aliphatic carbocycles. The van der Waals surface area contributed by atoms with Crippen LogP contribution in [-0.4, -0.2) is 49.2 Å². The number of nitrogens with one attached hydrogen (secondary N) is 2. The zero-order valence-corrected chi connectivity index (χ0v) is 16.8. The maximum atomic E-state index is 12.6. The molecule has 0 bridgehead atoms. The predicted molar refractivity (Wildman–Crippen MR) is 104 cm³/mol. The Morgan fingerprint density at radius 1 is 1.11 bits per heavy atom. The fourth-order valence-corrected chi connectivity index (χ4v) is 2.80. The largest absolute Gasteiger partial charge is 0.464 e. The summed E-state index contributed by atoms with van der Waals surface area (Å²) in [6.07, 6.45) is 0.207. The van der Waals surface area contributed by atoms with Crippen molar-refractivity contribution in [1.82, 2.24) is 10.6 Å². The number of esters is 1.